The lowest BCUT2D eigenvalue weighted by Crippen LogP contribution is -2.40. The molecular formula is C17H24N2O5S. The molecule has 0 radical (unpaired) electrons. The predicted molar refractivity (Wildman–Crippen MR) is 92.8 cm³/mol. The van der Waals surface area contributed by atoms with E-state index in [1.807, 2.05) is 0 Å². The summed E-state index contributed by atoms with van der Waals surface area (Å²) in [6.07, 6.45) is 2.33. The Labute approximate surface area is 147 Å². The van der Waals surface area contributed by atoms with E-state index >= 15 is 0 Å². The number of benzene rings is 1. The van der Waals surface area contributed by atoms with Crippen molar-refractivity contribution in [3.05, 3.63) is 28.8 Å². The van der Waals surface area contributed by atoms with E-state index in [1.165, 1.54) is 6.07 Å². The summed E-state index contributed by atoms with van der Waals surface area (Å²) in [5.74, 6) is -0.929. The minimum absolute atomic E-state index is 0.0321. The van der Waals surface area contributed by atoms with Gasteiger partial charge in [0.1, 0.15) is 0 Å². The normalized spacial score (nSPS) is 18.2. The van der Waals surface area contributed by atoms with Crippen molar-refractivity contribution in [3.63, 3.8) is 0 Å². The Morgan fingerprint density at radius 2 is 2.00 bits per heavy atom. The van der Waals surface area contributed by atoms with Gasteiger partial charge in [0.15, 0.2) is 0 Å². The van der Waals surface area contributed by atoms with Crippen molar-refractivity contribution in [2.45, 2.75) is 44.4 Å². The van der Waals surface area contributed by atoms with E-state index in [-0.39, 0.29) is 23.1 Å². The number of piperidine rings is 1. The molecular weight excluding hydrogens is 344 g/mol. The van der Waals surface area contributed by atoms with Crippen molar-refractivity contribution in [3.8, 4) is 0 Å². The number of sulfonamides is 1. The lowest BCUT2D eigenvalue weighted by atomic mass is 9.93. The monoisotopic (exact) mass is 368 g/mol. The molecule has 3 N–H and O–H groups in total. The number of carboxylic acids is 1. The molecule has 1 aliphatic rings. The zero-order valence-electron chi connectivity index (χ0n) is 14.5. The topological polar surface area (TPSA) is 118 Å². The largest absolute Gasteiger partial charge is 0.481 e. The average Bonchev–Trinajstić information content (AvgIpc) is 2.53. The summed E-state index contributed by atoms with van der Waals surface area (Å²) in [6.45, 7) is 4.47. The molecule has 1 heterocycles. The van der Waals surface area contributed by atoms with Crippen LogP contribution in [0.4, 0.5) is 0 Å². The summed E-state index contributed by atoms with van der Waals surface area (Å²) in [5.41, 5.74) is 1.53. The van der Waals surface area contributed by atoms with Gasteiger partial charge in [-0.05, 0) is 62.3 Å². The second-order valence-electron chi connectivity index (χ2n) is 6.65. The second-order valence-corrected chi connectivity index (χ2v) is 8.18. The van der Waals surface area contributed by atoms with Gasteiger partial charge in [-0.1, -0.05) is 0 Å². The molecule has 1 saturated heterocycles. The number of carbonyl (C=O) groups is 2. The quantitative estimate of drug-likeness (QED) is 0.819. The van der Waals surface area contributed by atoms with Crippen molar-refractivity contribution in [1.82, 2.24) is 4.90 Å². The molecule has 1 atom stereocenters. The molecule has 0 bridgehead atoms. The van der Waals surface area contributed by atoms with Gasteiger partial charge in [-0.2, -0.15) is 0 Å². The number of likely N-dealkylation sites (tertiary alicyclic amines) is 1. The fourth-order valence-electron chi connectivity index (χ4n) is 3.24. The van der Waals surface area contributed by atoms with Gasteiger partial charge in [-0.15, -0.1) is 0 Å². The lowest BCUT2D eigenvalue weighted by molar-refractivity contribution is -0.137. The van der Waals surface area contributed by atoms with E-state index in [2.05, 4.69) is 0 Å². The van der Waals surface area contributed by atoms with E-state index in [0.29, 0.717) is 36.2 Å². The maximum Gasteiger partial charge on any atom is 0.303 e. The summed E-state index contributed by atoms with van der Waals surface area (Å²) < 4.78 is 23.5. The van der Waals surface area contributed by atoms with Crippen molar-refractivity contribution in [2.24, 2.45) is 11.1 Å². The Balaban J connectivity index is 2.22. The number of nitrogens with zero attached hydrogens (tertiary/aromatic N) is 1. The minimum atomic E-state index is -3.91. The maximum absolute atomic E-state index is 12.8. The minimum Gasteiger partial charge on any atom is -0.481 e. The van der Waals surface area contributed by atoms with Gasteiger partial charge < -0.3 is 10.0 Å². The fraction of sp³-hybridized carbons (Fsp3) is 0.529. The van der Waals surface area contributed by atoms with Crippen molar-refractivity contribution >= 4 is 21.9 Å². The number of carboxylic acid groups (broad SMARTS) is 1. The van der Waals surface area contributed by atoms with Gasteiger partial charge in [-0.25, -0.2) is 13.6 Å². The summed E-state index contributed by atoms with van der Waals surface area (Å²) in [5, 5.41) is 14.1. The van der Waals surface area contributed by atoms with Crippen LogP contribution in [0, 0.1) is 19.8 Å². The molecule has 0 aliphatic carbocycles. The van der Waals surface area contributed by atoms with Crippen LogP contribution in [-0.2, 0) is 14.8 Å². The molecule has 7 nitrogen and oxygen atoms in total. The van der Waals surface area contributed by atoms with Crippen LogP contribution in [0.2, 0.25) is 0 Å². The van der Waals surface area contributed by atoms with Crippen LogP contribution in [0.15, 0.2) is 17.0 Å². The third kappa shape index (κ3) is 4.79. The summed E-state index contributed by atoms with van der Waals surface area (Å²) >= 11 is 0. The Morgan fingerprint density at radius 1 is 1.32 bits per heavy atom. The number of hydrogen-bond donors (Lipinski definition) is 2. The Morgan fingerprint density at radius 3 is 2.60 bits per heavy atom. The van der Waals surface area contributed by atoms with E-state index < -0.39 is 16.0 Å². The fourth-order valence-corrected chi connectivity index (χ4v) is 4.12. The Bertz CT molecular complexity index is 788. The molecule has 138 valence electrons. The van der Waals surface area contributed by atoms with Crippen molar-refractivity contribution < 1.29 is 23.1 Å². The first-order valence-electron chi connectivity index (χ1n) is 8.24. The number of hydrogen-bond acceptors (Lipinski definition) is 4. The molecule has 8 heteroatoms. The van der Waals surface area contributed by atoms with Gasteiger partial charge in [0, 0.05) is 25.1 Å². The Kier molecular flexibility index (Phi) is 5.84. The average molecular weight is 368 g/mol. The van der Waals surface area contributed by atoms with Gasteiger partial charge >= 0.3 is 5.97 Å². The number of rotatable bonds is 5. The maximum atomic E-state index is 12.8. The third-order valence-corrected chi connectivity index (χ3v) is 5.78. The lowest BCUT2D eigenvalue weighted by Gasteiger charge is -2.33. The van der Waals surface area contributed by atoms with E-state index in [9.17, 15) is 18.0 Å². The molecule has 2 rings (SSSR count). The van der Waals surface area contributed by atoms with Crippen LogP contribution in [-0.4, -0.2) is 43.4 Å². The summed E-state index contributed by atoms with van der Waals surface area (Å²) in [7, 11) is -3.91. The summed E-state index contributed by atoms with van der Waals surface area (Å²) in [4.78, 5) is 25.2. The van der Waals surface area contributed by atoms with Crippen molar-refractivity contribution in [2.75, 3.05) is 13.1 Å². The predicted octanol–water partition coefficient (Wildman–Crippen LogP) is 1.67. The van der Waals surface area contributed by atoms with Crippen LogP contribution in [0.25, 0.3) is 0 Å². The Hall–Kier alpha value is -1.93. The molecule has 1 unspecified atom stereocenters. The number of aryl methyl sites for hydroxylation is 1. The molecule has 25 heavy (non-hydrogen) atoms. The number of amides is 1. The van der Waals surface area contributed by atoms with E-state index in [4.69, 9.17) is 10.2 Å². The zero-order chi connectivity index (χ0) is 18.8. The number of primary sulfonamides is 1. The van der Waals surface area contributed by atoms with Crippen LogP contribution >= 0.6 is 0 Å². The second kappa shape index (κ2) is 7.53. The third-order valence-electron chi connectivity index (χ3n) is 4.75. The van der Waals surface area contributed by atoms with Crippen LogP contribution in [0.3, 0.4) is 0 Å². The highest BCUT2D eigenvalue weighted by molar-refractivity contribution is 7.89. The van der Waals surface area contributed by atoms with Gasteiger partial charge in [0.2, 0.25) is 10.0 Å². The highest BCUT2D eigenvalue weighted by atomic mass is 32.2. The molecule has 1 aromatic carbocycles. The molecule has 1 fully saturated rings. The van der Waals surface area contributed by atoms with Gasteiger partial charge in [-0.3, -0.25) is 9.59 Å². The first-order valence-corrected chi connectivity index (χ1v) is 9.79. The molecule has 1 aromatic rings. The van der Waals surface area contributed by atoms with E-state index in [1.54, 1.807) is 24.8 Å². The molecule has 1 aliphatic heterocycles. The number of nitrogens with two attached hydrogens (primary N) is 1. The van der Waals surface area contributed by atoms with E-state index in [0.717, 1.165) is 12.8 Å². The number of aliphatic carboxylic acids is 1. The molecule has 0 aromatic heterocycles. The SMILES string of the molecule is Cc1cc(C(=O)N2CCCC(CCC(=O)O)C2)cc(S(N)(=O)=O)c1C. The standard InChI is InChI=1S/C17H24N2O5S/c1-11-8-14(9-15(12(11)2)25(18,23)24)17(22)19-7-3-4-13(10-19)5-6-16(20)21/h8-9,13H,3-7,10H2,1-2H3,(H,20,21)(H2,18,23,24). The van der Waals surface area contributed by atoms with Crippen LogP contribution < -0.4 is 5.14 Å². The van der Waals surface area contributed by atoms with Crippen LogP contribution in [0.5, 0.6) is 0 Å². The highest BCUT2D eigenvalue weighted by Gasteiger charge is 2.26. The first-order chi connectivity index (χ1) is 11.6. The van der Waals surface area contributed by atoms with Gasteiger partial charge in [0.05, 0.1) is 4.90 Å². The highest BCUT2D eigenvalue weighted by Crippen LogP contribution is 2.25. The zero-order valence-corrected chi connectivity index (χ0v) is 15.3. The molecule has 0 saturated carbocycles. The smallest absolute Gasteiger partial charge is 0.303 e. The molecule has 0 spiro atoms. The van der Waals surface area contributed by atoms with Crippen molar-refractivity contribution in [1.29, 1.82) is 0 Å². The number of carbonyl (C=O) groups excluding carboxylic acids is 1. The summed E-state index contributed by atoms with van der Waals surface area (Å²) in [6, 6.07) is 3.01. The van der Waals surface area contributed by atoms with Crippen LogP contribution in [0.1, 0.15) is 47.2 Å². The first kappa shape index (κ1) is 19.4. The van der Waals surface area contributed by atoms with Gasteiger partial charge in [0.25, 0.3) is 5.91 Å². The molecule has 1 amide bonds.